The molecule has 2 aliphatic rings. The maximum Gasteiger partial charge on any atom is 0.119 e. The van der Waals surface area contributed by atoms with Crippen LogP contribution in [-0.2, 0) is 0 Å². The van der Waals surface area contributed by atoms with Gasteiger partial charge in [0.2, 0.25) is 0 Å². The van der Waals surface area contributed by atoms with Gasteiger partial charge in [-0.25, -0.2) is 0 Å². The summed E-state index contributed by atoms with van der Waals surface area (Å²) in [5.41, 5.74) is 6.44. The molecule has 1 saturated carbocycles. The smallest absolute Gasteiger partial charge is 0.119 e. The molecule has 3 unspecified atom stereocenters. The number of benzene rings is 1. The third-order valence-corrected chi connectivity index (χ3v) is 3.75. The van der Waals surface area contributed by atoms with Crippen LogP contribution in [0.25, 0.3) is 0 Å². The van der Waals surface area contributed by atoms with Crippen molar-refractivity contribution in [3.63, 3.8) is 0 Å². The normalized spacial score (nSPS) is 32.6. The molecule has 1 heterocycles. The first kappa shape index (κ1) is 9.97. The van der Waals surface area contributed by atoms with Crippen LogP contribution >= 0.6 is 0 Å². The van der Waals surface area contributed by atoms with Crippen molar-refractivity contribution in [3.8, 4) is 5.75 Å². The van der Waals surface area contributed by atoms with Crippen LogP contribution in [0, 0.1) is 5.92 Å². The summed E-state index contributed by atoms with van der Waals surface area (Å²) < 4.78 is 6.04. The molecular weight excluding hydrogens is 200 g/mol. The van der Waals surface area contributed by atoms with E-state index in [9.17, 15) is 0 Å². The zero-order valence-electron chi connectivity index (χ0n) is 9.36. The van der Waals surface area contributed by atoms with E-state index in [1.165, 1.54) is 19.3 Å². The monoisotopic (exact) mass is 218 g/mol. The second kappa shape index (κ2) is 3.98. The van der Waals surface area contributed by atoms with Gasteiger partial charge in [0.25, 0.3) is 0 Å². The molecule has 3 nitrogen and oxygen atoms in total. The molecule has 1 saturated heterocycles. The van der Waals surface area contributed by atoms with Crippen molar-refractivity contribution in [2.45, 2.75) is 31.4 Å². The number of nitrogens with two attached hydrogens (primary N) is 1. The number of nitrogen functional groups attached to an aromatic ring is 1. The molecule has 2 bridgehead atoms. The molecule has 1 aromatic rings. The molecule has 1 aliphatic carbocycles. The summed E-state index contributed by atoms with van der Waals surface area (Å²) in [7, 11) is 0. The summed E-state index contributed by atoms with van der Waals surface area (Å²) in [6.45, 7) is 1.12. The zero-order chi connectivity index (χ0) is 11.0. The van der Waals surface area contributed by atoms with Crippen molar-refractivity contribution < 1.29 is 4.74 Å². The summed E-state index contributed by atoms with van der Waals surface area (Å²) >= 11 is 0. The van der Waals surface area contributed by atoms with Gasteiger partial charge in [-0.05, 0) is 43.5 Å². The van der Waals surface area contributed by atoms with Gasteiger partial charge in [0.05, 0.1) is 0 Å². The highest BCUT2D eigenvalue weighted by Crippen LogP contribution is 2.32. The van der Waals surface area contributed by atoms with E-state index in [0.29, 0.717) is 12.0 Å². The summed E-state index contributed by atoms with van der Waals surface area (Å²) in [5.74, 6) is 1.64. The van der Waals surface area contributed by atoms with Crippen molar-refractivity contribution in [1.29, 1.82) is 0 Å². The van der Waals surface area contributed by atoms with Crippen LogP contribution in [0.1, 0.15) is 19.3 Å². The molecule has 1 aliphatic heterocycles. The lowest BCUT2D eigenvalue weighted by Gasteiger charge is -2.28. The van der Waals surface area contributed by atoms with Crippen LogP contribution in [0.15, 0.2) is 24.3 Å². The van der Waals surface area contributed by atoms with Gasteiger partial charge in [-0.3, -0.25) is 0 Å². The molecule has 0 amide bonds. The summed E-state index contributed by atoms with van der Waals surface area (Å²) in [6, 6.07) is 8.46. The topological polar surface area (TPSA) is 47.3 Å². The highest BCUT2D eigenvalue weighted by molar-refractivity contribution is 5.41. The number of anilines is 1. The van der Waals surface area contributed by atoms with Crippen molar-refractivity contribution in [3.05, 3.63) is 24.3 Å². The Kier molecular flexibility index (Phi) is 2.48. The Labute approximate surface area is 96.0 Å². The van der Waals surface area contributed by atoms with Crippen LogP contribution < -0.4 is 15.8 Å². The number of hydrogen-bond acceptors (Lipinski definition) is 3. The Bertz CT molecular complexity index is 363. The third kappa shape index (κ3) is 1.87. The highest BCUT2D eigenvalue weighted by Gasteiger charge is 2.36. The van der Waals surface area contributed by atoms with Crippen molar-refractivity contribution >= 4 is 5.69 Å². The Hall–Kier alpha value is -1.22. The predicted octanol–water partition coefficient (Wildman–Crippen LogP) is 1.79. The van der Waals surface area contributed by atoms with Gasteiger partial charge in [0.1, 0.15) is 11.9 Å². The van der Waals surface area contributed by atoms with Crippen LogP contribution in [0.5, 0.6) is 5.75 Å². The van der Waals surface area contributed by atoms with Gasteiger partial charge in [-0.2, -0.15) is 0 Å². The Morgan fingerprint density at radius 3 is 2.81 bits per heavy atom. The molecule has 0 spiro atoms. The van der Waals surface area contributed by atoms with E-state index in [4.69, 9.17) is 10.5 Å². The average molecular weight is 218 g/mol. The van der Waals surface area contributed by atoms with Crippen molar-refractivity contribution in [1.82, 2.24) is 5.32 Å². The number of fused-ring (bicyclic) bond motifs is 2. The number of hydrogen-bond donors (Lipinski definition) is 2. The van der Waals surface area contributed by atoms with E-state index in [1.807, 2.05) is 24.3 Å². The highest BCUT2D eigenvalue weighted by atomic mass is 16.5. The maximum atomic E-state index is 6.04. The largest absolute Gasteiger partial charge is 0.490 e. The minimum Gasteiger partial charge on any atom is -0.490 e. The van der Waals surface area contributed by atoms with Crippen LogP contribution in [0.3, 0.4) is 0 Å². The van der Waals surface area contributed by atoms with Crippen molar-refractivity contribution in [2.24, 2.45) is 5.92 Å². The minimum atomic E-state index is 0.384. The zero-order valence-corrected chi connectivity index (χ0v) is 9.36. The quantitative estimate of drug-likeness (QED) is 0.744. The predicted molar refractivity (Wildman–Crippen MR) is 64.4 cm³/mol. The van der Waals surface area contributed by atoms with Crippen LogP contribution in [-0.4, -0.2) is 18.7 Å². The molecule has 86 valence electrons. The lowest BCUT2D eigenvalue weighted by Crippen LogP contribution is -2.31. The number of nitrogens with one attached hydrogen (secondary N) is 1. The second-order valence-electron chi connectivity index (χ2n) is 4.90. The SMILES string of the molecule is Nc1ccc(OC2CCC3CC2CN3)cc1. The Morgan fingerprint density at radius 1 is 1.19 bits per heavy atom. The average Bonchev–Trinajstić information content (AvgIpc) is 2.69. The van der Waals surface area contributed by atoms with E-state index < -0.39 is 0 Å². The molecule has 3 rings (SSSR count). The fourth-order valence-corrected chi connectivity index (χ4v) is 2.83. The van der Waals surface area contributed by atoms with Gasteiger partial charge < -0.3 is 15.8 Å². The molecule has 3 atom stereocenters. The molecular formula is C13H18N2O. The van der Waals surface area contributed by atoms with E-state index in [2.05, 4.69) is 5.32 Å². The maximum absolute atomic E-state index is 6.04. The summed E-state index contributed by atoms with van der Waals surface area (Å²) in [4.78, 5) is 0. The van der Waals surface area contributed by atoms with Gasteiger partial charge >= 0.3 is 0 Å². The van der Waals surface area contributed by atoms with Crippen LogP contribution in [0.2, 0.25) is 0 Å². The Morgan fingerprint density at radius 2 is 2.00 bits per heavy atom. The standard InChI is InChI=1S/C13H18N2O/c14-10-1-4-12(5-2-10)16-13-6-3-11-7-9(13)8-15-11/h1-2,4-5,9,11,13,15H,3,6-8,14H2. The first-order valence-electron chi connectivity index (χ1n) is 6.07. The molecule has 3 heteroatoms. The van der Waals surface area contributed by atoms with Gasteiger partial charge in [0, 0.05) is 24.2 Å². The fraction of sp³-hybridized carbons (Fsp3) is 0.538. The first-order valence-corrected chi connectivity index (χ1v) is 6.07. The van der Waals surface area contributed by atoms with Crippen molar-refractivity contribution in [2.75, 3.05) is 12.3 Å². The Balaban J connectivity index is 1.68. The molecule has 3 N–H and O–H groups in total. The molecule has 16 heavy (non-hydrogen) atoms. The third-order valence-electron chi connectivity index (χ3n) is 3.75. The van der Waals surface area contributed by atoms with Gasteiger partial charge in [0.15, 0.2) is 0 Å². The van der Waals surface area contributed by atoms with Gasteiger partial charge in [-0.1, -0.05) is 0 Å². The second-order valence-corrected chi connectivity index (χ2v) is 4.90. The summed E-state index contributed by atoms with van der Waals surface area (Å²) in [5, 5.41) is 3.54. The molecule has 0 aromatic heterocycles. The van der Waals surface area contributed by atoms with E-state index in [1.54, 1.807) is 0 Å². The van der Waals surface area contributed by atoms with E-state index in [-0.39, 0.29) is 0 Å². The fourth-order valence-electron chi connectivity index (χ4n) is 2.83. The lowest BCUT2D eigenvalue weighted by molar-refractivity contribution is 0.113. The van der Waals surface area contributed by atoms with E-state index in [0.717, 1.165) is 24.0 Å². The molecule has 1 aromatic carbocycles. The minimum absolute atomic E-state index is 0.384. The first-order chi connectivity index (χ1) is 7.81. The summed E-state index contributed by atoms with van der Waals surface area (Å²) in [6.07, 6.45) is 4.08. The number of rotatable bonds is 2. The lowest BCUT2D eigenvalue weighted by atomic mass is 9.87. The number of ether oxygens (including phenoxy) is 1. The molecule has 2 fully saturated rings. The van der Waals surface area contributed by atoms with E-state index >= 15 is 0 Å². The molecule has 0 radical (unpaired) electrons. The van der Waals surface area contributed by atoms with Crippen LogP contribution in [0.4, 0.5) is 5.69 Å². The van der Waals surface area contributed by atoms with Gasteiger partial charge in [-0.15, -0.1) is 0 Å².